The van der Waals surface area contributed by atoms with E-state index in [9.17, 15) is 8.42 Å². The summed E-state index contributed by atoms with van der Waals surface area (Å²) in [6, 6.07) is -0.0812. The van der Waals surface area contributed by atoms with Gasteiger partial charge in [0.25, 0.3) is 0 Å². The maximum atomic E-state index is 11.6. The number of aromatic nitrogens is 2. The van der Waals surface area contributed by atoms with E-state index in [0.29, 0.717) is 23.9 Å². The van der Waals surface area contributed by atoms with Crippen LogP contribution in [0.25, 0.3) is 0 Å². The molecule has 1 aromatic heterocycles. The summed E-state index contributed by atoms with van der Waals surface area (Å²) in [5.41, 5.74) is 5.48. The highest BCUT2D eigenvalue weighted by Crippen LogP contribution is 2.23. The van der Waals surface area contributed by atoms with Gasteiger partial charge in [-0.25, -0.2) is 13.4 Å². The molecule has 1 atom stereocenters. The molecular formula is C10H16ClN5O2S. The van der Waals surface area contributed by atoms with Crippen molar-refractivity contribution in [2.24, 2.45) is 0 Å². The lowest BCUT2D eigenvalue weighted by atomic mass is 10.2. The number of sulfonamides is 1. The fourth-order valence-electron chi connectivity index (χ4n) is 2.17. The minimum absolute atomic E-state index is 0.0812. The maximum Gasteiger partial charge on any atom is 0.222 e. The summed E-state index contributed by atoms with van der Waals surface area (Å²) in [5.74, 6) is 0.549. The van der Waals surface area contributed by atoms with E-state index < -0.39 is 10.0 Å². The molecule has 0 bridgehead atoms. The van der Waals surface area contributed by atoms with Crippen LogP contribution in [0.15, 0.2) is 6.20 Å². The first kappa shape index (κ1) is 14.3. The fraction of sp³-hybridized carbons (Fsp3) is 0.600. The monoisotopic (exact) mass is 305 g/mol. The standard InChI is InChI=1S/C10H16ClN5O2S/c1-19(17,18)16-4-2-3-7(16)5-13-9-8(11)6-14-10(12)15-9/h6-7H,2-5H2,1H3,(H3,12,13,14,15). The Morgan fingerprint density at radius 2 is 2.37 bits per heavy atom. The molecule has 19 heavy (non-hydrogen) atoms. The van der Waals surface area contributed by atoms with Crippen LogP contribution in [0.1, 0.15) is 12.8 Å². The molecule has 1 aliphatic heterocycles. The Balaban J connectivity index is 2.04. The predicted octanol–water partition coefficient (Wildman–Crippen LogP) is 0.548. The van der Waals surface area contributed by atoms with Crippen LogP contribution < -0.4 is 11.1 Å². The van der Waals surface area contributed by atoms with Crippen LogP contribution in [-0.4, -0.2) is 48.1 Å². The molecule has 0 aliphatic carbocycles. The lowest BCUT2D eigenvalue weighted by Crippen LogP contribution is -2.38. The van der Waals surface area contributed by atoms with Crippen LogP contribution in [0.4, 0.5) is 11.8 Å². The van der Waals surface area contributed by atoms with Crippen molar-refractivity contribution in [2.45, 2.75) is 18.9 Å². The van der Waals surface area contributed by atoms with Gasteiger partial charge in [0.05, 0.1) is 12.5 Å². The summed E-state index contributed by atoms with van der Waals surface area (Å²) in [6.07, 6.45) is 4.31. The van der Waals surface area contributed by atoms with Gasteiger partial charge in [0, 0.05) is 19.1 Å². The third-order valence-corrected chi connectivity index (χ3v) is 4.63. The molecule has 0 saturated carbocycles. The maximum absolute atomic E-state index is 11.6. The first-order valence-corrected chi connectivity index (χ1v) is 8.09. The normalized spacial score (nSPS) is 20.6. The van der Waals surface area contributed by atoms with Crippen molar-refractivity contribution >= 4 is 33.4 Å². The topological polar surface area (TPSA) is 101 Å². The van der Waals surface area contributed by atoms with E-state index in [-0.39, 0.29) is 12.0 Å². The molecule has 106 valence electrons. The average molecular weight is 306 g/mol. The number of nitrogens with one attached hydrogen (secondary N) is 1. The molecule has 1 saturated heterocycles. The molecule has 0 spiro atoms. The Morgan fingerprint density at radius 3 is 3.05 bits per heavy atom. The molecule has 9 heteroatoms. The molecule has 0 radical (unpaired) electrons. The van der Waals surface area contributed by atoms with Crippen LogP contribution in [-0.2, 0) is 10.0 Å². The molecular weight excluding hydrogens is 290 g/mol. The molecule has 1 aromatic rings. The summed E-state index contributed by atoms with van der Waals surface area (Å²) in [6.45, 7) is 1.01. The first-order valence-electron chi connectivity index (χ1n) is 5.86. The van der Waals surface area contributed by atoms with Gasteiger partial charge in [0.15, 0.2) is 5.82 Å². The lowest BCUT2D eigenvalue weighted by molar-refractivity contribution is 0.402. The second kappa shape index (κ2) is 5.48. The van der Waals surface area contributed by atoms with E-state index in [1.165, 1.54) is 16.8 Å². The Labute approximate surface area is 117 Å². The van der Waals surface area contributed by atoms with Crippen LogP contribution in [0, 0.1) is 0 Å². The van der Waals surface area contributed by atoms with Gasteiger partial charge < -0.3 is 11.1 Å². The molecule has 3 N–H and O–H groups in total. The molecule has 0 amide bonds. The van der Waals surface area contributed by atoms with Crippen LogP contribution in [0.3, 0.4) is 0 Å². The van der Waals surface area contributed by atoms with Crippen LogP contribution >= 0.6 is 11.6 Å². The summed E-state index contributed by atoms with van der Waals surface area (Å²) in [5, 5.41) is 3.39. The third-order valence-electron chi connectivity index (χ3n) is 3.02. The molecule has 1 unspecified atom stereocenters. The largest absolute Gasteiger partial charge is 0.368 e. The van der Waals surface area contributed by atoms with Crippen molar-refractivity contribution in [2.75, 3.05) is 30.4 Å². The minimum atomic E-state index is -3.17. The number of rotatable bonds is 4. The number of nitrogens with two attached hydrogens (primary N) is 1. The van der Waals surface area contributed by atoms with Crippen LogP contribution in [0.5, 0.6) is 0 Å². The van der Waals surface area contributed by atoms with Crippen LogP contribution in [0.2, 0.25) is 5.02 Å². The quantitative estimate of drug-likeness (QED) is 0.842. The lowest BCUT2D eigenvalue weighted by Gasteiger charge is -2.22. The van der Waals surface area contributed by atoms with Gasteiger partial charge in [0.2, 0.25) is 16.0 Å². The van der Waals surface area contributed by atoms with Gasteiger partial charge >= 0.3 is 0 Å². The van der Waals surface area contributed by atoms with Crippen molar-refractivity contribution in [3.8, 4) is 0 Å². The van der Waals surface area contributed by atoms with Gasteiger partial charge in [0.1, 0.15) is 5.02 Å². The molecule has 7 nitrogen and oxygen atoms in total. The average Bonchev–Trinajstić information content (AvgIpc) is 2.78. The number of halogens is 1. The van der Waals surface area contributed by atoms with Gasteiger partial charge in [-0.15, -0.1) is 0 Å². The smallest absolute Gasteiger partial charge is 0.222 e. The van der Waals surface area contributed by atoms with Gasteiger partial charge in [-0.1, -0.05) is 11.6 Å². The number of hydrogen-bond donors (Lipinski definition) is 2. The second-order valence-electron chi connectivity index (χ2n) is 4.48. The zero-order chi connectivity index (χ0) is 14.0. The number of nitrogens with zero attached hydrogens (tertiary/aromatic N) is 3. The summed E-state index contributed by atoms with van der Waals surface area (Å²) in [7, 11) is -3.17. The zero-order valence-corrected chi connectivity index (χ0v) is 12.1. The molecule has 0 aromatic carbocycles. The van der Waals surface area contributed by atoms with Crippen molar-refractivity contribution in [1.29, 1.82) is 0 Å². The van der Waals surface area contributed by atoms with E-state index in [2.05, 4.69) is 15.3 Å². The highest BCUT2D eigenvalue weighted by Gasteiger charge is 2.31. The first-order chi connectivity index (χ1) is 8.88. The van der Waals surface area contributed by atoms with Crippen molar-refractivity contribution in [3.63, 3.8) is 0 Å². The minimum Gasteiger partial charge on any atom is -0.368 e. The molecule has 1 fully saturated rings. The predicted molar refractivity (Wildman–Crippen MR) is 74.5 cm³/mol. The van der Waals surface area contributed by atoms with Crippen molar-refractivity contribution in [1.82, 2.24) is 14.3 Å². The molecule has 2 heterocycles. The summed E-state index contributed by atoms with van der Waals surface area (Å²) < 4.78 is 24.7. The highest BCUT2D eigenvalue weighted by molar-refractivity contribution is 7.88. The van der Waals surface area contributed by atoms with E-state index in [1.54, 1.807) is 0 Å². The van der Waals surface area contributed by atoms with Crippen molar-refractivity contribution in [3.05, 3.63) is 11.2 Å². The van der Waals surface area contributed by atoms with E-state index in [4.69, 9.17) is 17.3 Å². The van der Waals surface area contributed by atoms with Crippen molar-refractivity contribution < 1.29 is 8.42 Å². The number of nitrogen functional groups attached to an aromatic ring is 1. The fourth-order valence-corrected chi connectivity index (χ4v) is 3.51. The van der Waals surface area contributed by atoms with Gasteiger partial charge in [-0.2, -0.15) is 9.29 Å². The summed E-state index contributed by atoms with van der Waals surface area (Å²) >= 11 is 5.93. The Morgan fingerprint density at radius 1 is 1.63 bits per heavy atom. The molecule has 1 aliphatic rings. The highest BCUT2D eigenvalue weighted by atomic mass is 35.5. The Bertz CT molecular complexity index is 565. The number of anilines is 2. The van der Waals surface area contributed by atoms with E-state index in [0.717, 1.165) is 12.8 Å². The van der Waals surface area contributed by atoms with E-state index >= 15 is 0 Å². The van der Waals surface area contributed by atoms with Gasteiger partial charge in [-0.05, 0) is 12.8 Å². The number of hydrogen-bond acceptors (Lipinski definition) is 6. The zero-order valence-electron chi connectivity index (χ0n) is 10.5. The van der Waals surface area contributed by atoms with E-state index in [1.807, 2.05) is 0 Å². The van der Waals surface area contributed by atoms with Gasteiger partial charge in [-0.3, -0.25) is 0 Å². The SMILES string of the molecule is CS(=O)(=O)N1CCCC1CNc1nc(N)ncc1Cl. The summed E-state index contributed by atoms with van der Waals surface area (Å²) in [4.78, 5) is 7.74. The second-order valence-corrected chi connectivity index (χ2v) is 6.82. The Hall–Kier alpha value is -1.12. The Kier molecular flexibility index (Phi) is 4.12. The molecule has 2 rings (SSSR count). The third kappa shape index (κ3) is 3.46.